The summed E-state index contributed by atoms with van der Waals surface area (Å²) in [5, 5.41) is 3.67. The largest absolute Gasteiger partial charge is 0.316 e. The van der Waals surface area contributed by atoms with Crippen molar-refractivity contribution < 1.29 is 0 Å². The lowest BCUT2D eigenvalue weighted by Crippen LogP contribution is -2.42. The molecule has 0 amide bonds. The number of nitrogens with one attached hydrogen (secondary N) is 1. The number of aryl methyl sites for hydroxylation is 1. The first-order valence-corrected chi connectivity index (χ1v) is 8.63. The zero-order valence-electron chi connectivity index (χ0n) is 13.0. The number of likely N-dealkylation sites (N-methyl/N-ethyl adjacent to an activating group) is 1. The molecule has 3 rings (SSSR count). The van der Waals surface area contributed by atoms with Crippen molar-refractivity contribution in [1.82, 2.24) is 5.32 Å². The number of rotatable bonds is 5. The third-order valence-corrected chi connectivity index (χ3v) is 5.56. The SMILES string of the molecule is CCNCC1(CC2CCCC2)CCCc2ccccc21. The van der Waals surface area contributed by atoms with Crippen LogP contribution in [0.4, 0.5) is 0 Å². The molecule has 0 aromatic heterocycles. The first-order chi connectivity index (χ1) is 9.84. The maximum absolute atomic E-state index is 3.67. The molecule has 0 bridgehead atoms. The molecule has 1 nitrogen and oxygen atoms in total. The van der Waals surface area contributed by atoms with Crippen molar-refractivity contribution in [1.29, 1.82) is 0 Å². The van der Waals surface area contributed by atoms with E-state index in [2.05, 4.69) is 36.5 Å². The summed E-state index contributed by atoms with van der Waals surface area (Å²) in [6.45, 7) is 4.50. The van der Waals surface area contributed by atoms with E-state index in [4.69, 9.17) is 0 Å². The maximum Gasteiger partial charge on any atom is 0.00832 e. The summed E-state index contributed by atoms with van der Waals surface area (Å²) in [7, 11) is 0. The molecule has 0 radical (unpaired) electrons. The van der Waals surface area contributed by atoms with Gasteiger partial charge in [-0.3, -0.25) is 0 Å². The second-order valence-electron chi connectivity index (χ2n) is 6.93. The van der Waals surface area contributed by atoms with Gasteiger partial charge in [0.25, 0.3) is 0 Å². The molecule has 1 unspecified atom stereocenters. The minimum absolute atomic E-state index is 0.417. The number of fused-ring (bicyclic) bond motifs is 1. The Morgan fingerprint density at radius 1 is 1.15 bits per heavy atom. The molecule has 0 aliphatic heterocycles. The summed E-state index contributed by atoms with van der Waals surface area (Å²) >= 11 is 0. The molecule has 1 saturated carbocycles. The zero-order chi connectivity index (χ0) is 13.8. The van der Waals surface area contributed by atoms with Crippen molar-refractivity contribution in [3.05, 3.63) is 35.4 Å². The summed E-state index contributed by atoms with van der Waals surface area (Å²) < 4.78 is 0. The van der Waals surface area contributed by atoms with Crippen molar-refractivity contribution >= 4 is 0 Å². The molecule has 0 saturated heterocycles. The minimum Gasteiger partial charge on any atom is -0.316 e. The topological polar surface area (TPSA) is 12.0 Å². The van der Waals surface area contributed by atoms with Gasteiger partial charge >= 0.3 is 0 Å². The van der Waals surface area contributed by atoms with Crippen molar-refractivity contribution in [2.75, 3.05) is 13.1 Å². The Kier molecular flexibility index (Phi) is 4.45. The molecule has 1 N–H and O–H groups in total. The Labute approximate surface area is 124 Å². The third-order valence-electron chi connectivity index (χ3n) is 5.56. The van der Waals surface area contributed by atoms with Crippen LogP contribution in [-0.4, -0.2) is 13.1 Å². The summed E-state index contributed by atoms with van der Waals surface area (Å²) in [5.41, 5.74) is 3.70. The Morgan fingerprint density at radius 3 is 2.75 bits per heavy atom. The van der Waals surface area contributed by atoms with Crippen LogP contribution in [0, 0.1) is 5.92 Å². The summed E-state index contributed by atoms with van der Waals surface area (Å²) in [4.78, 5) is 0. The molecule has 1 atom stereocenters. The molecule has 1 aromatic rings. The van der Waals surface area contributed by atoms with Gasteiger partial charge in [-0.25, -0.2) is 0 Å². The molecule has 20 heavy (non-hydrogen) atoms. The smallest absolute Gasteiger partial charge is 0.00832 e. The van der Waals surface area contributed by atoms with Crippen molar-refractivity contribution in [2.45, 2.75) is 63.7 Å². The normalized spacial score (nSPS) is 26.6. The van der Waals surface area contributed by atoms with Crippen LogP contribution in [-0.2, 0) is 11.8 Å². The van der Waals surface area contributed by atoms with E-state index in [1.165, 1.54) is 57.9 Å². The molecule has 2 aliphatic rings. The van der Waals surface area contributed by atoms with E-state index >= 15 is 0 Å². The molecule has 0 heterocycles. The Hall–Kier alpha value is -0.820. The summed E-state index contributed by atoms with van der Waals surface area (Å²) in [6.07, 6.45) is 11.3. The molecule has 0 spiro atoms. The summed E-state index contributed by atoms with van der Waals surface area (Å²) in [5.74, 6) is 0.972. The highest BCUT2D eigenvalue weighted by Crippen LogP contribution is 2.44. The van der Waals surface area contributed by atoms with Crippen molar-refractivity contribution in [2.24, 2.45) is 5.92 Å². The van der Waals surface area contributed by atoms with E-state index in [1.54, 1.807) is 11.1 Å². The fraction of sp³-hybridized carbons (Fsp3) is 0.684. The number of hydrogen-bond donors (Lipinski definition) is 1. The molecule has 110 valence electrons. The van der Waals surface area contributed by atoms with Gasteiger partial charge in [0.2, 0.25) is 0 Å². The lowest BCUT2D eigenvalue weighted by Gasteiger charge is -2.41. The van der Waals surface area contributed by atoms with E-state index < -0.39 is 0 Å². The van der Waals surface area contributed by atoms with Gasteiger partial charge in [-0.05, 0) is 49.3 Å². The van der Waals surface area contributed by atoms with E-state index in [0.29, 0.717) is 5.41 Å². The molecular weight excluding hydrogens is 242 g/mol. The average Bonchev–Trinajstić information content (AvgIpc) is 2.98. The molecule has 1 fully saturated rings. The standard InChI is InChI=1S/C19H29N/c1-2-20-15-19(14-16-8-3-4-9-16)13-7-11-17-10-5-6-12-18(17)19/h5-6,10,12,16,20H,2-4,7-9,11,13-15H2,1H3. The van der Waals surface area contributed by atoms with Crippen LogP contribution >= 0.6 is 0 Å². The van der Waals surface area contributed by atoms with Crippen LogP contribution in [0.15, 0.2) is 24.3 Å². The zero-order valence-corrected chi connectivity index (χ0v) is 13.0. The van der Waals surface area contributed by atoms with Crippen LogP contribution < -0.4 is 5.32 Å². The second-order valence-corrected chi connectivity index (χ2v) is 6.93. The lowest BCUT2D eigenvalue weighted by atomic mass is 9.65. The first kappa shape index (κ1) is 14.1. The first-order valence-electron chi connectivity index (χ1n) is 8.63. The molecule has 1 aromatic carbocycles. The molecule has 2 aliphatic carbocycles. The maximum atomic E-state index is 3.67. The fourth-order valence-electron chi connectivity index (χ4n) is 4.61. The molecular formula is C19H29N. The number of hydrogen-bond acceptors (Lipinski definition) is 1. The molecule has 1 heteroatoms. The van der Waals surface area contributed by atoms with E-state index in [9.17, 15) is 0 Å². The van der Waals surface area contributed by atoms with Crippen LogP contribution in [0.3, 0.4) is 0 Å². The van der Waals surface area contributed by atoms with Gasteiger partial charge in [-0.1, -0.05) is 56.9 Å². The highest BCUT2D eigenvalue weighted by atomic mass is 14.9. The predicted molar refractivity (Wildman–Crippen MR) is 86.2 cm³/mol. The van der Waals surface area contributed by atoms with E-state index in [-0.39, 0.29) is 0 Å². The third kappa shape index (κ3) is 2.79. The van der Waals surface area contributed by atoms with Gasteiger partial charge in [0.15, 0.2) is 0 Å². The van der Waals surface area contributed by atoms with Crippen LogP contribution in [0.1, 0.15) is 63.0 Å². The van der Waals surface area contributed by atoms with E-state index in [0.717, 1.165) is 12.5 Å². The van der Waals surface area contributed by atoms with Gasteiger partial charge in [-0.2, -0.15) is 0 Å². The average molecular weight is 271 g/mol. The number of benzene rings is 1. The quantitative estimate of drug-likeness (QED) is 0.834. The Bertz CT molecular complexity index is 433. The predicted octanol–water partition coefficient (Wildman–Crippen LogP) is 4.45. The summed E-state index contributed by atoms with van der Waals surface area (Å²) in [6, 6.07) is 9.25. The van der Waals surface area contributed by atoms with Crippen molar-refractivity contribution in [3.63, 3.8) is 0 Å². The van der Waals surface area contributed by atoms with Gasteiger partial charge in [0, 0.05) is 12.0 Å². The minimum atomic E-state index is 0.417. The monoisotopic (exact) mass is 271 g/mol. The lowest BCUT2D eigenvalue weighted by molar-refractivity contribution is 0.267. The Morgan fingerprint density at radius 2 is 1.95 bits per heavy atom. The second kappa shape index (κ2) is 6.30. The highest BCUT2D eigenvalue weighted by molar-refractivity contribution is 5.37. The highest BCUT2D eigenvalue weighted by Gasteiger charge is 2.38. The van der Waals surface area contributed by atoms with Crippen LogP contribution in [0.5, 0.6) is 0 Å². The van der Waals surface area contributed by atoms with Crippen LogP contribution in [0.25, 0.3) is 0 Å². The Balaban J connectivity index is 1.89. The van der Waals surface area contributed by atoms with Crippen LogP contribution in [0.2, 0.25) is 0 Å². The van der Waals surface area contributed by atoms with Gasteiger partial charge in [0.05, 0.1) is 0 Å². The van der Waals surface area contributed by atoms with Gasteiger partial charge in [0.1, 0.15) is 0 Å². The van der Waals surface area contributed by atoms with E-state index in [1.807, 2.05) is 0 Å². The van der Waals surface area contributed by atoms with Gasteiger partial charge < -0.3 is 5.32 Å². The fourth-order valence-corrected chi connectivity index (χ4v) is 4.61. The van der Waals surface area contributed by atoms with Crippen molar-refractivity contribution in [3.8, 4) is 0 Å². The van der Waals surface area contributed by atoms with Gasteiger partial charge in [-0.15, -0.1) is 0 Å².